The minimum absolute atomic E-state index is 0.712. The summed E-state index contributed by atoms with van der Waals surface area (Å²) in [6.45, 7) is 2.14. The Labute approximate surface area is 81.5 Å². The van der Waals surface area contributed by atoms with Gasteiger partial charge >= 0.3 is 0 Å². The highest BCUT2D eigenvalue weighted by Crippen LogP contribution is 1.99. The van der Waals surface area contributed by atoms with E-state index >= 15 is 0 Å². The van der Waals surface area contributed by atoms with Crippen molar-refractivity contribution in [3.63, 3.8) is 0 Å². The molecule has 0 aliphatic rings. The first kappa shape index (κ1) is 12.2. The van der Waals surface area contributed by atoms with Crippen molar-refractivity contribution in [3.05, 3.63) is 24.3 Å². The molecule has 13 heavy (non-hydrogen) atoms. The van der Waals surface area contributed by atoms with Gasteiger partial charge in [0.25, 0.3) is 0 Å². The standard InChI is InChI=1S/C12H20O/c1-2-3-4-5-6-7-8-9-10-11-12-13/h3-4,6-7,12H,2,5,8-11H2,1H3/b4-3-,7-6-. The highest BCUT2D eigenvalue weighted by Gasteiger charge is 1.83. The maximum absolute atomic E-state index is 9.98. The van der Waals surface area contributed by atoms with E-state index in [-0.39, 0.29) is 0 Å². The van der Waals surface area contributed by atoms with Crippen LogP contribution in [0.4, 0.5) is 0 Å². The van der Waals surface area contributed by atoms with E-state index in [9.17, 15) is 4.79 Å². The fraction of sp³-hybridized carbons (Fsp3) is 0.583. The molecule has 0 aromatic heterocycles. The number of hydrogen-bond donors (Lipinski definition) is 0. The van der Waals surface area contributed by atoms with Crippen LogP contribution in [0.15, 0.2) is 24.3 Å². The Balaban J connectivity index is 3.12. The summed E-state index contributed by atoms with van der Waals surface area (Å²) in [5.74, 6) is 0. The summed E-state index contributed by atoms with van der Waals surface area (Å²) >= 11 is 0. The van der Waals surface area contributed by atoms with E-state index in [0.29, 0.717) is 6.42 Å². The first-order chi connectivity index (χ1) is 6.41. The van der Waals surface area contributed by atoms with Crippen molar-refractivity contribution in [2.24, 2.45) is 0 Å². The van der Waals surface area contributed by atoms with Crippen molar-refractivity contribution in [3.8, 4) is 0 Å². The number of unbranched alkanes of at least 4 members (excludes halogenated alkanes) is 3. The van der Waals surface area contributed by atoms with Gasteiger partial charge < -0.3 is 4.79 Å². The molecule has 0 saturated carbocycles. The van der Waals surface area contributed by atoms with Gasteiger partial charge in [0.05, 0.1) is 0 Å². The molecule has 0 heterocycles. The number of rotatable bonds is 8. The molecular formula is C12H20O. The zero-order valence-corrected chi connectivity index (χ0v) is 8.54. The van der Waals surface area contributed by atoms with Gasteiger partial charge in [-0.3, -0.25) is 0 Å². The summed E-state index contributed by atoms with van der Waals surface area (Å²) in [6.07, 6.45) is 15.9. The first-order valence-electron chi connectivity index (χ1n) is 5.15. The summed E-state index contributed by atoms with van der Waals surface area (Å²) in [5, 5.41) is 0. The third-order valence-electron chi connectivity index (χ3n) is 1.78. The number of hydrogen-bond acceptors (Lipinski definition) is 1. The van der Waals surface area contributed by atoms with E-state index in [4.69, 9.17) is 0 Å². The molecule has 0 rings (SSSR count). The molecule has 0 N–H and O–H groups in total. The van der Waals surface area contributed by atoms with Crippen LogP contribution in [0.2, 0.25) is 0 Å². The van der Waals surface area contributed by atoms with Gasteiger partial charge in [0.1, 0.15) is 6.29 Å². The Hall–Kier alpha value is -0.850. The second-order valence-corrected chi connectivity index (χ2v) is 3.04. The predicted molar refractivity (Wildman–Crippen MR) is 57.7 cm³/mol. The van der Waals surface area contributed by atoms with Crippen LogP contribution in [0.3, 0.4) is 0 Å². The van der Waals surface area contributed by atoms with Crippen LogP contribution in [0.25, 0.3) is 0 Å². The zero-order chi connectivity index (χ0) is 9.78. The molecule has 0 amide bonds. The van der Waals surface area contributed by atoms with Gasteiger partial charge in [0, 0.05) is 6.42 Å². The number of allylic oxidation sites excluding steroid dienone is 4. The SMILES string of the molecule is CC/C=C\C/C=C\CCCCC=O. The maximum Gasteiger partial charge on any atom is 0.119 e. The van der Waals surface area contributed by atoms with E-state index in [1.54, 1.807) is 0 Å². The molecule has 74 valence electrons. The molecule has 0 radical (unpaired) electrons. The first-order valence-corrected chi connectivity index (χ1v) is 5.15. The van der Waals surface area contributed by atoms with E-state index in [1.165, 1.54) is 0 Å². The van der Waals surface area contributed by atoms with Gasteiger partial charge in [-0.25, -0.2) is 0 Å². The van der Waals surface area contributed by atoms with Crippen LogP contribution >= 0.6 is 0 Å². The lowest BCUT2D eigenvalue weighted by molar-refractivity contribution is -0.107. The normalized spacial score (nSPS) is 11.5. The molecule has 1 heteroatoms. The van der Waals surface area contributed by atoms with E-state index in [2.05, 4.69) is 31.2 Å². The number of aldehydes is 1. The molecule has 0 saturated heterocycles. The average Bonchev–Trinajstić information content (AvgIpc) is 2.16. The fourth-order valence-corrected chi connectivity index (χ4v) is 1.05. The monoisotopic (exact) mass is 180 g/mol. The van der Waals surface area contributed by atoms with Crippen molar-refractivity contribution in [2.75, 3.05) is 0 Å². The maximum atomic E-state index is 9.98. The largest absolute Gasteiger partial charge is 0.303 e. The van der Waals surface area contributed by atoms with Gasteiger partial charge in [0.2, 0.25) is 0 Å². The van der Waals surface area contributed by atoms with Gasteiger partial charge in [-0.1, -0.05) is 31.2 Å². The topological polar surface area (TPSA) is 17.1 Å². The number of carbonyl (C=O) groups is 1. The van der Waals surface area contributed by atoms with Gasteiger partial charge in [-0.05, 0) is 32.1 Å². The average molecular weight is 180 g/mol. The Morgan fingerprint density at radius 3 is 2.31 bits per heavy atom. The summed E-state index contributed by atoms with van der Waals surface area (Å²) in [4.78, 5) is 9.98. The van der Waals surface area contributed by atoms with Crippen LogP contribution in [0.5, 0.6) is 0 Å². The molecule has 0 aliphatic heterocycles. The second-order valence-electron chi connectivity index (χ2n) is 3.04. The van der Waals surface area contributed by atoms with Crippen LogP contribution in [-0.4, -0.2) is 6.29 Å². The van der Waals surface area contributed by atoms with Gasteiger partial charge in [0.15, 0.2) is 0 Å². The molecule has 0 unspecified atom stereocenters. The third-order valence-corrected chi connectivity index (χ3v) is 1.78. The summed E-state index contributed by atoms with van der Waals surface area (Å²) < 4.78 is 0. The highest BCUT2D eigenvalue weighted by atomic mass is 16.1. The lowest BCUT2D eigenvalue weighted by Gasteiger charge is -1.90. The quantitative estimate of drug-likeness (QED) is 0.316. The molecule has 0 atom stereocenters. The van der Waals surface area contributed by atoms with Crippen LogP contribution in [0.1, 0.15) is 45.4 Å². The molecule has 0 fully saturated rings. The molecular weight excluding hydrogens is 160 g/mol. The second kappa shape index (κ2) is 11.2. The smallest absolute Gasteiger partial charge is 0.119 e. The summed E-state index contributed by atoms with van der Waals surface area (Å²) in [7, 11) is 0. The molecule has 0 bridgehead atoms. The molecule has 0 aliphatic carbocycles. The molecule has 0 aromatic rings. The third kappa shape index (κ3) is 11.1. The number of carbonyl (C=O) groups excluding carboxylic acids is 1. The van der Waals surface area contributed by atoms with Gasteiger partial charge in [-0.15, -0.1) is 0 Å². The lowest BCUT2D eigenvalue weighted by Crippen LogP contribution is -1.75. The van der Waals surface area contributed by atoms with Crippen LogP contribution < -0.4 is 0 Å². The van der Waals surface area contributed by atoms with Crippen molar-refractivity contribution >= 4 is 6.29 Å². The highest BCUT2D eigenvalue weighted by molar-refractivity contribution is 5.48. The Morgan fingerprint density at radius 1 is 0.923 bits per heavy atom. The zero-order valence-electron chi connectivity index (χ0n) is 8.54. The van der Waals surface area contributed by atoms with Crippen LogP contribution in [-0.2, 0) is 4.79 Å². The molecule has 0 spiro atoms. The summed E-state index contributed by atoms with van der Waals surface area (Å²) in [5.41, 5.74) is 0. The van der Waals surface area contributed by atoms with Crippen molar-refractivity contribution < 1.29 is 4.79 Å². The van der Waals surface area contributed by atoms with E-state index < -0.39 is 0 Å². The van der Waals surface area contributed by atoms with Crippen molar-refractivity contribution in [1.82, 2.24) is 0 Å². The Kier molecular flexibility index (Phi) is 10.4. The van der Waals surface area contributed by atoms with Gasteiger partial charge in [-0.2, -0.15) is 0 Å². The Bertz CT molecular complexity index is 157. The minimum atomic E-state index is 0.712. The predicted octanol–water partition coefficient (Wildman–Crippen LogP) is 3.66. The lowest BCUT2D eigenvalue weighted by atomic mass is 10.2. The van der Waals surface area contributed by atoms with Crippen molar-refractivity contribution in [2.45, 2.75) is 45.4 Å². The Morgan fingerprint density at radius 2 is 1.62 bits per heavy atom. The molecule has 1 nitrogen and oxygen atoms in total. The van der Waals surface area contributed by atoms with E-state index in [0.717, 1.165) is 38.4 Å². The van der Waals surface area contributed by atoms with Crippen molar-refractivity contribution in [1.29, 1.82) is 0 Å². The van der Waals surface area contributed by atoms with E-state index in [1.807, 2.05) is 0 Å². The summed E-state index contributed by atoms with van der Waals surface area (Å²) in [6, 6.07) is 0. The van der Waals surface area contributed by atoms with Crippen LogP contribution in [0, 0.1) is 0 Å². The fourth-order valence-electron chi connectivity index (χ4n) is 1.05. The minimum Gasteiger partial charge on any atom is -0.303 e. The molecule has 0 aromatic carbocycles.